The highest BCUT2D eigenvalue weighted by Gasteiger charge is 2.21. The lowest BCUT2D eigenvalue weighted by Crippen LogP contribution is -2.26. The second-order valence-electron chi connectivity index (χ2n) is 5.34. The Hall–Kier alpha value is -1.17. The van der Waals surface area contributed by atoms with Gasteiger partial charge >= 0.3 is 0 Å². The summed E-state index contributed by atoms with van der Waals surface area (Å²) in [4.78, 5) is 0. The van der Waals surface area contributed by atoms with Crippen LogP contribution in [0.2, 0.25) is 0 Å². The molecule has 0 bridgehead atoms. The normalized spacial score (nSPS) is 13.5. The minimum atomic E-state index is -0.642. The van der Waals surface area contributed by atoms with Crippen molar-refractivity contribution in [3.8, 4) is 17.2 Å². The number of hydrogen-bond acceptors (Lipinski definition) is 5. The fourth-order valence-electron chi connectivity index (χ4n) is 2.01. The summed E-state index contributed by atoms with van der Waals surface area (Å²) in [6, 6.07) is 2.71. The molecule has 1 aromatic rings. The van der Waals surface area contributed by atoms with Gasteiger partial charge in [-0.25, -0.2) is 0 Å². The highest BCUT2D eigenvalue weighted by molar-refractivity contribution is 5.85. The van der Waals surface area contributed by atoms with E-state index in [1.807, 2.05) is 0 Å². The summed E-state index contributed by atoms with van der Waals surface area (Å²) in [5.41, 5.74) is 6.75. The first-order chi connectivity index (χ1) is 9.40. The van der Waals surface area contributed by atoms with Crippen LogP contribution >= 0.6 is 12.4 Å². The van der Waals surface area contributed by atoms with Crippen molar-refractivity contribution in [2.75, 3.05) is 14.2 Å². The molecule has 122 valence electrons. The number of phenols is 1. The molecule has 5 nitrogen and oxygen atoms in total. The predicted octanol–water partition coefficient (Wildman–Crippen LogP) is 2.63. The molecule has 0 saturated heterocycles. The van der Waals surface area contributed by atoms with Gasteiger partial charge in [-0.1, -0.05) is 13.8 Å². The van der Waals surface area contributed by atoms with E-state index in [0.29, 0.717) is 17.9 Å². The first-order valence-electron chi connectivity index (χ1n) is 6.79. The van der Waals surface area contributed by atoms with Crippen molar-refractivity contribution in [1.29, 1.82) is 0 Å². The SMILES string of the molecule is COc1cc([C@H](N)[C@H](O)CCC(C)C)cc(OC)c1O.Cl. The third-order valence-corrected chi connectivity index (χ3v) is 3.34. The Bertz CT molecular complexity index is 415. The number of ether oxygens (including phenoxy) is 2. The summed E-state index contributed by atoms with van der Waals surface area (Å²) in [5.74, 6) is 1.01. The Labute approximate surface area is 132 Å². The molecule has 2 atom stereocenters. The van der Waals surface area contributed by atoms with Crippen molar-refractivity contribution in [2.45, 2.75) is 38.8 Å². The summed E-state index contributed by atoms with van der Waals surface area (Å²) in [6.07, 6.45) is 0.891. The molecule has 0 aromatic heterocycles. The van der Waals surface area contributed by atoms with Crippen LogP contribution in [0.4, 0.5) is 0 Å². The van der Waals surface area contributed by atoms with Gasteiger partial charge in [-0.05, 0) is 36.5 Å². The number of aliphatic hydroxyl groups excluding tert-OH is 1. The van der Waals surface area contributed by atoms with Crippen LogP contribution in [0.5, 0.6) is 17.2 Å². The number of halogens is 1. The summed E-state index contributed by atoms with van der Waals surface area (Å²) in [7, 11) is 2.91. The maximum atomic E-state index is 10.1. The van der Waals surface area contributed by atoms with Crippen LogP contribution in [0.1, 0.15) is 38.3 Å². The number of rotatable bonds is 7. The maximum Gasteiger partial charge on any atom is 0.200 e. The molecule has 0 amide bonds. The lowest BCUT2D eigenvalue weighted by atomic mass is 9.95. The van der Waals surface area contributed by atoms with E-state index >= 15 is 0 Å². The fourth-order valence-corrected chi connectivity index (χ4v) is 2.01. The van der Waals surface area contributed by atoms with Crippen LogP contribution in [0.15, 0.2) is 12.1 Å². The monoisotopic (exact) mass is 319 g/mol. The van der Waals surface area contributed by atoms with Gasteiger partial charge in [0.1, 0.15) is 0 Å². The highest BCUT2D eigenvalue weighted by Crippen LogP contribution is 2.39. The van der Waals surface area contributed by atoms with Crippen LogP contribution in [0.25, 0.3) is 0 Å². The summed E-state index contributed by atoms with van der Waals surface area (Å²) < 4.78 is 10.2. The zero-order valence-electron chi connectivity index (χ0n) is 13.0. The zero-order valence-corrected chi connectivity index (χ0v) is 13.8. The van der Waals surface area contributed by atoms with Crippen molar-refractivity contribution < 1.29 is 19.7 Å². The highest BCUT2D eigenvalue weighted by atomic mass is 35.5. The Morgan fingerprint density at radius 3 is 1.95 bits per heavy atom. The number of nitrogens with two attached hydrogens (primary N) is 1. The molecule has 1 rings (SSSR count). The second-order valence-corrected chi connectivity index (χ2v) is 5.34. The topological polar surface area (TPSA) is 84.9 Å². The summed E-state index contributed by atoms with van der Waals surface area (Å²) in [5, 5.41) is 20.0. The van der Waals surface area contributed by atoms with E-state index in [9.17, 15) is 10.2 Å². The summed E-state index contributed by atoms with van der Waals surface area (Å²) in [6.45, 7) is 4.20. The lowest BCUT2D eigenvalue weighted by molar-refractivity contribution is 0.128. The van der Waals surface area contributed by atoms with Gasteiger partial charge in [0.25, 0.3) is 0 Å². The molecule has 4 N–H and O–H groups in total. The number of hydrogen-bond donors (Lipinski definition) is 3. The van der Waals surface area contributed by atoms with Crippen molar-refractivity contribution in [1.82, 2.24) is 0 Å². The van der Waals surface area contributed by atoms with E-state index < -0.39 is 12.1 Å². The Kier molecular flexibility index (Phi) is 8.47. The third kappa shape index (κ3) is 5.26. The molecular weight excluding hydrogens is 294 g/mol. The van der Waals surface area contributed by atoms with Gasteiger partial charge in [-0.2, -0.15) is 0 Å². The zero-order chi connectivity index (χ0) is 15.3. The van der Waals surface area contributed by atoms with E-state index in [2.05, 4.69) is 13.8 Å². The van der Waals surface area contributed by atoms with E-state index in [1.165, 1.54) is 14.2 Å². The predicted molar refractivity (Wildman–Crippen MR) is 85.5 cm³/mol. The molecule has 6 heteroatoms. The Morgan fingerprint density at radius 1 is 1.10 bits per heavy atom. The van der Waals surface area contributed by atoms with Gasteiger partial charge in [0.15, 0.2) is 11.5 Å². The van der Waals surface area contributed by atoms with Crippen LogP contribution in [-0.2, 0) is 0 Å². The van der Waals surface area contributed by atoms with Crippen LogP contribution in [0.3, 0.4) is 0 Å². The average molecular weight is 320 g/mol. The second kappa shape index (κ2) is 8.97. The lowest BCUT2D eigenvalue weighted by Gasteiger charge is -2.21. The molecule has 21 heavy (non-hydrogen) atoms. The molecule has 0 unspecified atom stereocenters. The molecule has 0 aliphatic rings. The number of methoxy groups -OCH3 is 2. The fraction of sp³-hybridized carbons (Fsp3) is 0.600. The van der Waals surface area contributed by atoms with Gasteiger partial charge in [-0.3, -0.25) is 0 Å². The van der Waals surface area contributed by atoms with Crippen molar-refractivity contribution in [3.63, 3.8) is 0 Å². The number of aromatic hydroxyl groups is 1. The van der Waals surface area contributed by atoms with Gasteiger partial charge < -0.3 is 25.4 Å². The van der Waals surface area contributed by atoms with Crippen molar-refractivity contribution in [3.05, 3.63) is 17.7 Å². The average Bonchev–Trinajstić information content (AvgIpc) is 2.44. The van der Waals surface area contributed by atoms with Crippen LogP contribution in [-0.4, -0.2) is 30.5 Å². The minimum Gasteiger partial charge on any atom is -0.502 e. The van der Waals surface area contributed by atoms with Crippen LogP contribution in [0, 0.1) is 5.92 Å². The van der Waals surface area contributed by atoms with Crippen molar-refractivity contribution in [2.24, 2.45) is 11.7 Å². The molecule has 0 saturated carbocycles. The van der Waals surface area contributed by atoms with Gasteiger partial charge in [0.05, 0.1) is 26.4 Å². The standard InChI is InChI=1S/C15H25NO4.ClH/c1-9(2)5-6-11(17)14(16)10-7-12(19-3)15(18)13(8-10)20-4;/h7-9,11,14,17-18H,5-6,16H2,1-4H3;1H/t11-,14+;/m1./s1. The van der Waals surface area contributed by atoms with Gasteiger partial charge in [-0.15, -0.1) is 12.4 Å². The van der Waals surface area contributed by atoms with Crippen molar-refractivity contribution >= 4 is 12.4 Å². The van der Waals surface area contributed by atoms with E-state index in [1.54, 1.807) is 12.1 Å². The first-order valence-corrected chi connectivity index (χ1v) is 6.79. The number of phenolic OH excluding ortho intramolecular Hbond substituents is 1. The minimum absolute atomic E-state index is 0. The smallest absolute Gasteiger partial charge is 0.200 e. The first kappa shape index (κ1) is 19.8. The largest absolute Gasteiger partial charge is 0.502 e. The number of aliphatic hydroxyl groups is 1. The molecule has 0 heterocycles. The molecule has 0 aliphatic heterocycles. The molecule has 1 aromatic carbocycles. The molecule has 0 fully saturated rings. The maximum absolute atomic E-state index is 10.1. The van der Waals surface area contributed by atoms with Gasteiger partial charge in [0, 0.05) is 0 Å². The quantitative estimate of drug-likeness (QED) is 0.719. The molecule has 0 aliphatic carbocycles. The van der Waals surface area contributed by atoms with E-state index in [4.69, 9.17) is 15.2 Å². The molecular formula is C15H26ClNO4. The van der Waals surface area contributed by atoms with E-state index in [0.717, 1.165) is 6.42 Å². The number of benzene rings is 1. The molecule has 0 radical (unpaired) electrons. The van der Waals surface area contributed by atoms with Gasteiger partial charge in [0.2, 0.25) is 5.75 Å². The van der Waals surface area contributed by atoms with E-state index in [-0.39, 0.29) is 29.7 Å². The Morgan fingerprint density at radius 2 is 1.57 bits per heavy atom. The summed E-state index contributed by atoms with van der Waals surface area (Å²) >= 11 is 0. The third-order valence-electron chi connectivity index (χ3n) is 3.34. The molecule has 0 spiro atoms. The van der Waals surface area contributed by atoms with Crippen LogP contribution < -0.4 is 15.2 Å². The Balaban J connectivity index is 0.00000400.